The summed E-state index contributed by atoms with van der Waals surface area (Å²) >= 11 is 0. The second-order valence-electron chi connectivity index (χ2n) is 2.42. The van der Waals surface area contributed by atoms with Crippen molar-refractivity contribution in [2.24, 2.45) is 5.90 Å². The van der Waals surface area contributed by atoms with Crippen molar-refractivity contribution in [3.8, 4) is 0 Å². The Hall–Kier alpha value is -0.610. The third-order valence-corrected chi connectivity index (χ3v) is 1.40. The zero-order valence-electron chi connectivity index (χ0n) is 7.09. The molecular formula is C7H16N2O2. The maximum absolute atomic E-state index is 10.9. The highest BCUT2D eigenvalue weighted by Crippen LogP contribution is 1.87. The third kappa shape index (κ3) is 4.75. The first kappa shape index (κ1) is 10.4. The SMILES string of the molecule is CCCCNC(=O)C(C)ON. The molecule has 0 heterocycles. The summed E-state index contributed by atoms with van der Waals surface area (Å²) < 4.78 is 0. The first-order valence-electron chi connectivity index (χ1n) is 3.85. The Morgan fingerprint density at radius 1 is 1.73 bits per heavy atom. The summed E-state index contributed by atoms with van der Waals surface area (Å²) in [6.07, 6.45) is 1.51. The summed E-state index contributed by atoms with van der Waals surface area (Å²) in [5, 5.41) is 2.69. The third-order valence-electron chi connectivity index (χ3n) is 1.40. The molecule has 0 aliphatic rings. The lowest BCUT2D eigenvalue weighted by atomic mass is 10.3. The summed E-state index contributed by atoms with van der Waals surface area (Å²) in [6, 6.07) is 0. The van der Waals surface area contributed by atoms with Crippen LogP contribution in [0.5, 0.6) is 0 Å². The summed E-state index contributed by atoms with van der Waals surface area (Å²) in [5.74, 6) is 4.66. The molecule has 0 rings (SSSR count). The highest BCUT2D eigenvalue weighted by atomic mass is 16.6. The van der Waals surface area contributed by atoms with Gasteiger partial charge in [0.25, 0.3) is 5.91 Å². The van der Waals surface area contributed by atoms with Gasteiger partial charge in [-0.05, 0) is 13.3 Å². The molecule has 0 bridgehead atoms. The molecule has 3 N–H and O–H groups in total. The van der Waals surface area contributed by atoms with Gasteiger partial charge in [-0.25, -0.2) is 5.90 Å². The highest BCUT2D eigenvalue weighted by Gasteiger charge is 2.09. The maximum atomic E-state index is 10.9. The highest BCUT2D eigenvalue weighted by molar-refractivity contribution is 5.80. The van der Waals surface area contributed by atoms with Crippen molar-refractivity contribution in [2.45, 2.75) is 32.8 Å². The molecule has 0 radical (unpaired) electrons. The van der Waals surface area contributed by atoms with Gasteiger partial charge in [0.2, 0.25) is 0 Å². The first-order valence-corrected chi connectivity index (χ1v) is 3.85. The number of carbonyl (C=O) groups is 1. The smallest absolute Gasteiger partial charge is 0.250 e. The fourth-order valence-corrected chi connectivity index (χ4v) is 0.594. The Labute approximate surface area is 67.0 Å². The molecule has 1 atom stereocenters. The fraction of sp³-hybridized carbons (Fsp3) is 0.857. The van der Waals surface area contributed by atoms with Crippen LogP contribution in [0.2, 0.25) is 0 Å². The molecule has 0 fully saturated rings. The van der Waals surface area contributed by atoms with Crippen LogP contribution < -0.4 is 11.2 Å². The molecule has 11 heavy (non-hydrogen) atoms. The Morgan fingerprint density at radius 3 is 2.82 bits per heavy atom. The van der Waals surface area contributed by atoms with Gasteiger partial charge in [-0.3, -0.25) is 9.63 Å². The standard InChI is InChI=1S/C7H16N2O2/c1-3-4-5-9-7(10)6(2)11-8/h6H,3-5,8H2,1-2H3,(H,9,10). The van der Waals surface area contributed by atoms with Gasteiger partial charge in [0.05, 0.1) is 0 Å². The van der Waals surface area contributed by atoms with Gasteiger partial charge in [0.1, 0.15) is 0 Å². The van der Waals surface area contributed by atoms with E-state index in [0.29, 0.717) is 6.54 Å². The number of nitrogens with one attached hydrogen (secondary N) is 1. The second-order valence-corrected chi connectivity index (χ2v) is 2.42. The zero-order valence-corrected chi connectivity index (χ0v) is 7.09. The van der Waals surface area contributed by atoms with Gasteiger partial charge in [0, 0.05) is 6.54 Å². The van der Waals surface area contributed by atoms with E-state index in [4.69, 9.17) is 5.90 Å². The molecule has 0 aromatic rings. The maximum Gasteiger partial charge on any atom is 0.250 e. The molecule has 0 saturated carbocycles. The molecule has 0 saturated heterocycles. The average molecular weight is 160 g/mol. The van der Waals surface area contributed by atoms with Crippen molar-refractivity contribution >= 4 is 5.91 Å². The summed E-state index contributed by atoms with van der Waals surface area (Å²) in [7, 11) is 0. The minimum atomic E-state index is -0.549. The molecule has 0 aromatic heterocycles. The van der Waals surface area contributed by atoms with Gasteiger partial charge in [-0.2, -0.15) is 0 Å². The predicted molar refractivity (Wildman–Crippen MR) is 42.7 cm³/mol. The lowest BCUT2D eigenvalue weighted by molar-refractivity contribution is -0.131. The van der Waals surface area contributed by atoms with Crippen LogP contribution in [0.4, 0.5) is 0 Å². The first-order chi connectivity index (χ1) is 5.22. The molecule has 66 valence electrons. The van der Waals surface area contributed by atoms with Gasteiger partial charge < -0.3 is 5.32 Å². The molecule has 0 aromatic carbocycles. The fourth-order valence-electron chi connectivity index (χ4n) is 0.594. The minimum Gasteiger partial charge on any atom is -0.354 e. The normalized spacial score (nSPS) is 12.6. The van der Waals surface area contributed by atoms with Gasteiger partial charge in [-0.15, -0.1) is 0 Å². The van der Waals surface area contributed by atoms with Crippen molar-refractivity contribution in [2.75, 3.05) is 6.54 Å². The number of rotatable bonds is 5. The number of nitrogens with two attached hydrogens (primary N) is 1. The van der Waals surface area contributed by atoms with E-state index in [1.807, 2.05) is 0 Å². The van der Waals surface area contributed by atoms with Gasteiger partial charge in [-0.1, -0.05) is 13.3 Å². The Bertz CT molecular complexity index is 117. The molecular weight excluding hydrogens is 144 g/mol. The van der Waals surface area contributed by atoms with Crippen LogP contribution >= 0.6 is 0 Å². The van der Waals surface area contributed by atoms with Crippen LogP contribution in [0.1, 0.15) is 26.7 Å². The van der Waals surface area contributed by atoms with E-state index in [9.17, 15) is 4.79 Å². The van der Waals surface area contributed by atoms with E-state index >= 15 is 0 Å². The van der Waals surface area contributed by atoms with Crippen molar-refractivity contribution < 1.29 is 9.63 Å². The van der Waals surface area contributed by atoms with Crippen LogP contribution in [-0.2, 0) is 9.63 Å². The molecule has 0 aliphatic carbocycles. The van der Waals surface area contributed by atoms with Gasteiger partial charge >= 0.3 is 0 Å². The number of hydrogen-bond acceptors (Lipinski definition) is 3. The number of carbonyl (C=O) groups excluding carboxylic acids is 1. The number of amides is 1. The molecule has 1 unspecified atom stereocenters. The van der Waals surface area contributed by atoms with Crippen LogP contribution in [-0.4, -0.2) is 18.6 Å². The summed E-state index contributed by atoms with van der Waals surface area (Å²) in [5.41, 5.74) is 0. The van der Waals surface area contributed by atoms with E-state index in [1.165, 1.54) is 0 Å². The van der Waals surface area contributed by atoms with Gasteiger partial charge in [0.15, 0.2) is 6.10 Å². The second kappa shape index (κ2) is 6.12. The predicted octanol–water partition coefficient (Wildman–Crippen LogP) is 0.182. The van der Waals surface area contributed by atoms with Crippen LogP contribution in [0.25, 0.3) is 0 Å². The van der Waals surface area contributed by atoms with Crippen molar-refractivity contribution in [3.63, 3.8) is 0 Å². The molecule has 4 heteroatoms. The topological polar surface area (TPSA) is 64.3 Å². The van der Waals surface area contributed by atoms with Crippen LogP contribution in [0, 0.1) is 0 Å². The van der Waals surface area contributed by atoms with E-state index in [-0.39, 0.29) is 5.91 Å². The van der Waals surface area contributed by atoms with E-state index in [2.05, 4.69) is 17.1 Å². The largest absolute Gasteiger partial charge is 0.354 e. The van der Waals surface area contributed by atoms with Crippen LogP contribution in [0.15, 0.2) is 0 Å². The lowest BCUT2D eigenvalue weighted by Gasteiger charge is -2.08. The monoisotopic (exact) mass is 160 g/mol. The number of unbranched alkanes of at least 4 members (excludes halogenated alkanes) is 1. The van der Waals surface area contributed by atoms with E-state index < -0.39 is 6.10 Å². The number of hydrogen-bond donors (Lipinski definition) is 2. The molecule has 1 amide bonds. The Morgan fingerprint density at radius 2 is 2.36 bits per heavy atom. The average Bonchev–Trinajstić information content (AvgIpc) is 2.03. The molecule has 0 spiro atoms. The quantitative estimate of drug-likeness (QED) is 0.445. The van der Waals surface area contributed by atoms with Crippen molar-refractivity contribution in [1.29, 1.82) is 0 Å². The Kier molecular flexibility index (Phi) is 5.78. The van der Waals surface area contributed by atoms with Crippen LogP contribution in [0.3, 0.4) is 0 Å². The summed E-state index contributed by atoms with van der Waals surface area (Å²) in [6.45, 7) is 4.37. The lowest BCUT2D eigenvalue weighted by Crippen LogP contribution is -2.36. The summed E-state index contributed by atoms with van der Waals surface area (Å²) in [4.78, 5) is 15.3. The molecule has 4 nitrogen and oxygen atoms in total. The minimum absolute atomic E-state index is 0.152. The zero-order chi connectivity index (χ0) is 8.69. The van der Waals surface area contributed by atoms with Crippen molar-refractivity contribution in [3.05, 3.63) is 0 Å². The van der Waals surface area contributed by atoms with E-state index in [1.54, 1.807) is 6.92 Å². The Balaban J connectivity index is 3.36. The molecule has 0 aliphatic heterocycles. The van der Waals surface area contributed by atoms with Crippen molar-refractivity contribution in [1.82, 2.24) is 5.32 Å². The van der Waals surface area contributed by atoms with E-state index in [0.717, 1.165) is 12.8 Å².